The first kappa shape index (κ1) is 19.1. The van der Waals surface area contributed by atoms with E-state index < -0.39 is 0 Å². The van der Waals surface area contributed by atoms with Gasteiger partial charge in [0.15, 0.2) is 5.69 Å². The van der Waals surface area contributed by atoms with Crippen LogP contribution in [0.15, 0.2) is 24.3 Å². The van der Waals surface area contributed by atoms with Crippen LogP contribution >= 0.6 is 0 Å². The summed E-state index contributed by atoms with van der Waals surface area (Å²) in [7, 11) is 0. The fourth-order valence-corrected chi connectivity index (χ4v) is 4.87. The van der Waals surface area contributed by atoms with Gasteiger partial charge >= 0.3 is 0 Å². The van der Waals surface area contributed by atoms with Gasteiger partial charge in [-0.3, -0.25) is 14.8 Å². The van der Waals surface area contributed by atoms with Gasteiger partial charge in [0.2, 0.25) is 0 Å². The molecule has 1 atom stereocenters. The maximum absolute atomic E-state index is 13.2. The van der Waals surface area contributed by atoms with Crippen LogP contribution in [0.5, 0.6) is 0 Å². The van der Waals surface area contributed by atoms with E-state index in [4.69, 9.17) is 0 Å². The average molecular weight is 384 g/mol. The number of aromatic amines is 1. The molecular formula is C22H29FN4O. The SMILES string of the molecule is CCc1[nH]nc(C(=O)N2CCC3(CCCN(Cc4ccc(F)cc4)C3)C2)c1C. The van der Waals surface area contributed by atoms with Crippen LogP contribution in [0.25, 0.3) is 0 Å². The minimum absolute atomic E-state index is 0.0565. The van der Waals surface area contributed by atoms with Crippen LogP contribution in [0.4, 0.5) is 4.39 Å². The number of likely N-dealkylation sites (tertiary alicyclic amines) is 2. The molecule has 0 saturated carbocycles. The quantitative estimate of drug-likeness (QED) is 0.877. The molecule has 3 heterocycles. The van der Waals surface area contributed by atoms with E-state index in [0.29, 0.717) is 5.69 Å². The molecule has 4 rings (SSSR count). The molecule has 2 aromatic rings. The molecule has 1 amide bonds. The van der Waals surface area contributed by atoms with Crippen LogP contribution in [0, 0.1) is 18.2 Å². The van der Waals surface area contributed by atoms with E-state index in [1.165, 1.54) is 12.1 Å². The summed E-state index contributed by atoms with van der Waals surface area (Å²) < 4.78 is 13.2. The molecule has 0 radical (unpaired) electrons. The smallest absolute Gasteiger partial charge is 0.274 e. The highest BCUT2D eigenvalue weighted by Crippen LogP contribution is 2.40. The van der Waals surface area contributed by atoms with E-state index >= 15 is 0 Å². The van der Waals surface area contributed by atoms with Crippen LogP contribution in [0.3, 0.4) is 0 Å². The number of piperidine rings is 1. The molecule has 1 spiro atoms. The second-order valence-corrected chi connectivity index (χ2v) is 8.45. The largest absolute Gasteiger partial charge is 0.337 e. The molecule has 1 aromatic heterocycles. The van der Waals surface area contributed by atoms with Gasteiger partial charge in [0.25, 0.3) is 5.91 Å². The number of nitrogens with zero attached hydrogens (tertiary/aromatic N) is 3. The number of aromatic nitrogens is 2. The lowest BCUT2D eigenvalue weighted by Gasteiger charge is -2.40. The van der Waals surface area contributed by atoms with E-state index in [2.05, 4.69) is 22.0 Å². The fourth-order valence-electron chi connectivity index (χ4n) is 4.87. The molecular weight excluding hydrogens is 355 g/mol. The number of H-pyrrole nitrogens is 1. The average Bonchev–Trinajstić information content (AvgIpc) is 3.27. The first-order valence-corrected chi connectivity index (χ1v) is 10.3. The third kappa shape index (κ3) is 3.70. The molecule has 0 aliphatic carbocycles. The van der Waals surface area contributed by atoms with Crippen molar-refractivity contribution in [3.8, 4) is 0 Å². The first-order chi connectivity index (χ1) is 13.5. The molecule has 150 valence electrons. The third-order valence-corrected chi connectivity index (χ3v) is 6.45. The zero-order valence-corrected chi connectivity index (χ0v) is 16.8. The van der Waals surface area contributed by atoms with Crippen LogP contribution in [-0.2, 0) is 13.0 Å². The molecule has 28 heavy (non-hydrogen) atoms. The Morgan fingerprint density at radius 3 is 2.71 bits per heavy atom. The Balaban J connectivity index is 1.42. The van der Waals surface area contributed by atoms with Crippen molar-refractivity contribution in [3.05, 3.63) is 52.6 Å². The number of benzene rings is 1. The van der Waals surface area contributed by atoms with Crippen LogP contribution in [0.1, 0.15) is 53.5 Å². The zero-order valence-electron chi connectivity index (χ0n) is 16.8. The van der Waals surface area contributed by atoms with Gasteiger partial charge in [-0.15, -0.1) is 0 Å². The second-order valence-electron chi connectivity index (χ2n) is 8.45. The van der Waals surface area contributed by atoms with Crippen LogP contribution in [-0.4, -0.2) is 52.1 Å². The zero-order chi connectivity index (χ0) is 19.7. The number of halogens is 1. The predicted octanol–water partition coefficient (Wildman–Crippen LogP) is 3.55. The van der Waals surface area contributed by atoms with Crippen molar-refractivity contribution < 1.29 is 9.18 Å². The topological polar surface area (TPSA) is 52.2 Å². The van der Waals surface area contributed by atoms with Gasteiger partial charge in [-0.25, -0.2) is 4.39 Å². The highest BCUT2D eigenvalue weighted by Gasteiger charge is 2.43. The van der Waals surface area contributed by atoms with Gasteiger partial charge in [-0.1, -0.05) is 19.1 Å². The second kappa shape index (κ2) is 7.66. The molecule has 1 N–H and O–H groups in total. The Kier molecular flexibility index (Phi) is 5.23. The summed E-state index contributed by atoms with van der Waals surface area (Å²) in [6, 6.07) is 6.79. The monoisotopic (exact) mass is 384 g/mol. The highest BCUT2D eigenvalue weighted by molar-refractivity contribution is 5.94. The Labute approximate surface area is 165 Å². The van der Waals surface area contributed by atoms with Gasteiger partial charge in [-0.2, -0.15) is 5.10 Å². The molecule has 2 saturated heterocycles. The molecule has 5 nitrogen and oxygen atoms in total. The molecule has 0 bridgehead atoms. The van der Waals surface area contributed by atoms with Gasteiger partial charge in [-0.05, 0) is 56.8 Å². The van der Waals surface area contributed by atoms with Crippen molar-refractivity contribution in [2.45, 2.75) is 46.1 Å². The number of carbonyl (C=O) groups excluding carboxylic acids is 1. The Bertz CT molecular complexity index is 847. The Morgan fingerprint density at radius 1 is 1.21 bits per heavy atom. The fraction of sp³-hybridized carbons (Fsp3) is 0.545. The van der Waals surface area contributed by atoms with Crippen molar-refractivity contribution in [1.29, 1.82) is 0 Å². The minimum atomic E-state index is -0.191. The number of aryl methyl sites for hydroxylation is 1. The lowest BCUT2D eigenvalue weighted by molar-refractivity contribution is 0.0670. The van der Waals surface area contributed by atoms with E-state index in [-0.39, 0.29) is 17.1 Å². The van der Waals surface area contributed by atoms with Crippen molar-refractivity contribution in [2.24, 2.45) is 5.41 Å². The van der Waals surface area contributed by atoms with Crippen LogP contribution < -0.4 is 0 Å². The summed E-state index contributed by atoms with van der Waals surface area (Å²) in [5.74, 6) is -0.135. The normalized spacial score (nSPS) is 22.9. The summed E-state index contributed by atoms with van der Waals surface area (Å²) in [4.78, 5) is 17.5. The lowest BCUT2D eigenvalue weighted by atomic mass is 9.79. The van der Waals surface area contributed by atoms with Crippen molar-refractivity contribution in [1.82, 2.24) is 20.0 Å². The van der Waals surface area contributed by atoms with E-state index in [9.17, 15) is 9.18 Å². The van der Waals surface area contributed by atoms with E-state index in [1.807, 2.05) is 24.0 Å². The van der Waals surface area contributed by atoms with Gasteiger partial charge in [0.05, 0.1) is 0 Å². The maximum Gasteiger partial charge on any atom is 0.274 e. The summed E-state index contributed by atoms with van der Waals surface area (Å²) >= 11 is 0. The number of carbonyl (C=O) groups is 1. The summed E-state index contributed by atoms with van der Waals surface area (Å²) in [5.41, 5.74) is 3.91. The van der Waals surface area contributed by atoms with E-state index in [1.54, 1.807) is 0 Å². The van der Waals surface area contributed by atoms with Crippen molar-refractivity contribution >= 4 is 5.91 Å². The molecule has 2 aliphatic heterocycles. The van der Waals surface area contributed by atoms with E-state index in [0.717, 1.165) is 75.2 Å². The Hall–Kier alpha value is -2.21. The maximum atomic E-state index is 13.2. The van der Waals surface area contributed by atoms with Gasteiger partial charge in [0, 0.05) is 42.9 Å². The number of hydrogen-bond donors (Lipinski definition) is 1. The first-order valence-electron chi connectivity index (χ1n) is 10.3. The summed E-state index contributed by atoms with van der Waals surface area (Å²) in [6.45, 7) is 8.55. The summed E-state index contributed by atoms with van der Waals surface area (Å²) in [5, 5.41) is 7.29. The number of nitrogens with one attached hydrogen (secondary N) is 1. The van der Waals surface area contributed by atoms with Crippen molar-refractivity contribution in [2.75, 3.05) is 26.2 Å². The predicted molar refractivity (Wildman–Crippen MR) is 107 cm³/mol. The van der Waals surface area contributed by atoms with Gasteiger partial charge < -0.3 is 4.90 Å². The standard InChI is InChI=1S/C22H29FN4O/c1-3-19-16(2)20(25-24-19)21(28)27-12-10-22(15-27)9-4-11-26(14-22)13-17-5-7-18(23)8-6-17/h5-8H,3-4,9-15H2,1-2H3,(H,24,25). The minimum Gasteiger partial charge on any atom is -0.337 e. The molecule has 1 aromatic carbocycles. The molecule has 2 fully saturated rings. The number of hydrogen-bond acceptors (Lipinski definition) is 3. The number of amides is 1. The third-order valence-electron chi connectivity index (χ3n) is 6.45. The number of rotatable bonds is 4. The Morgan fingerprint density at radius 2 is 2.00 bits per heavy atom. The van der Waals surface area contributed by atoms with Crippen molar-refractivity contribution in [3.63, 3.8) is 0 Å². The highest BCUT2D eigenvalue weighted by atomic mass is 19.1. The molecule has 1 unspecified atom stereocenters. The van der Waals surface area contributed by atoms with Crippen LogP contribution in [0.2, 0.25) is 0 Å². The summed E-state index contributed by atoms with van der Waals surface area (Å²) in [6.07, 6.45) is 4.21. The molecule has 6 heteroatoms. The van der Waals surface area contributed by atoms with Gasteiger partial charge in [0.1, 0.15) is 5.82 Å². The lowest BCUT2D eigenvalue weighted by Crippen LogP contribution is -2.45. The molecule has 2 aliphatic rings.